The molecule has 0 aliphatic rings. The second-order valence-electron chi connectivity index (χ2n) is 24.6. The first-order valence-electron chi connectivity index (χ1n) is 35.4. The van der Waals surface area contributed by atoms with E-state index in [2.05, 4.69) is 31.3 Å². The molecule has 3 N–H and O–H groups in total. The van der Waals surface area contributed by atoms with E-state index < -0.39 is 12.1 Å². The minimum Gasteiger partial charge on any atom is -0.466 e. The number of esters is 1. The minimum absolute atomic E-state index is 0.0196. The highest BCUT2D eigenvalue weighted by molar-refractivity contribution is 5.76. The summed E-state index contributed by atoms with van der Waals surface area (Å²) in [5, 5.41) is 23.4. The van der Waals surface area contributed by atoms with Crippen LogP contribution >= 0.6 is 0 Å². The monoisotopic (exact) mass is 1090 g/mol. The molecule has 0 aromatic heterocycles. The van der Waals surface area contributed by atoms with Gasteiger partial charge in [-0.1, -0.05) is 353 Å². The van der Waals surface area contributed by atoms with Gasteiger partial charge in [-0.05, 0) is 51.4 Å². The fourth-order valence-electron chi connectivity index (χ4n) is 11.4. The van der Waals surface area contributed by atoms with E-state index in [-0.39, 0.29) is 18.5 Å². The highest BCUT2D eigenvalue weighted by Crippen LogP contribution is 2.19. The number of unbranched alkanes of at least 4 members (excludes halogenated alkanes) is 54. The van der Waals surface area contributed by atoms with Gasteiger partial charge in [0.15, 0.2) is 0 Å². The Balaban J connectivity index is 3.36. The molecular weight excluding hydrogens is 947 g/mol. The van der Waals surface area contributed by atoms with Crippen LogP contribution in [0.1, 0.15) is 406 Å². The van der Waals surface area contributed by atoms with Crippen LogP contribution in [0.3, 0.4) is 0 Å². The molecule has 2 atom stereocenters. The third kappa shape index (κ3) is 63.6. The van der Waals surface area contributed by atoms with Gasteiger partial charge in [0.1, 0.15) is 0 Å². The van der Waals surface area contributed by atoms with E-state index in [0.717, 1.165) is 38.5 Å². The molecular formula is C71H139NO5. The Morgan fingerprint density at radius 1 is 0.351 bits per heavy atom. The summed E-state index contributed by atoms with van der Waals surface area (Å²) in [4.78, 5) is 24.6. The van der Waals surface area contributed by atoms with Crippen molar-refractivity contribution in [1.29, 1.82) is 0 Å². The maximum Gasteiger partial charge on any atom is 0.305 e. The summed E-state index contributed by atoms with van der Waals surface area (Å²) in [6, 6.07) is -0.542. The summed E-state index contributed by atoms with van der Waals surface area (Å²) < 4.78 is 5.50. The second-order valence-corrected chi connectivity index (χ2v) is 24.6. The summed E-state index contributed by atoms with van der Waals surface area (Å²) in [5.74, 6) is -0.0122. The first kappa shape index (κ1) is 75.6. The van der Waals surface area contributed by atoms with Gasteiger partial charge in [-0.15, -0.1) is 0 Å². The maximum absolute atomic E-state index is 12.5. The van der Waals surface area contributed by atoms with Gasteiger partial charge in [0.05, 0.1) is 25.4 Å². The fraction of sp³-hybridized carbons (Fsp3) is 0.944. The number of hydrogen-bond acceptors (Lipinski definition) is 5. The lowest BCUT2D eigenvalue weighted by molar-refractivity contribution is -0.143. The Hall–Kier alpha value is -1.40. The highest BCUT2D eigenvalue weighted by Gasteiger charge is 2.20. The summed E-state index contributed by atoms with van der Waals surface area (Å²) >= 11 is 0. The van der Waals surface area contributed by atoms with Crippen molar-refractivity contribution in [2.24, 2.45) is 0 Å². The SMILES string of the molecule is CCCCCCCCCCCCCCCCCCCC(O)C(CO)NC(=O)CCCCCCCCCCCCC/C=C\CCCCCCCCCCCCCCOC(=O)CCCCCCCCCCCCCCCCCC. The molecule has 77 heavy (non-hydrogen) atoms. The number of aliphatic hydroxyl groups excluding tert-OH is 2. The van der Waals surface area contributed by atoms with Crippen LogP contribution in [0, 0.1) is 0 Å². The molecule has 0 radical (unpaired) electrons. The Morgan fingerprint density at radius 2 is 0.610 bits per heavy atom. The number of rotatable bonds is 67. The van der Waals surface area contributed by atoms with Crippen LogP contribution in [-0.4, -0.2) is 47.4 Å². The normalized spacial score (nSPS) is 12.5. The number of amides is 1. The van der Waals surface area contributed by atoms with Gasteiger partial charge < -0.3 is 20.3 Å². The molecule has 458 valence electrons. The van der Waals surface area contributed by atoms with Crippen molar-refractivity contribution in [3.63, 3.8) is 0 Å². The van der Waals surface area contributed by atoms with Crippen LogP contribution in [0.25, 0.3) is 0 Å². The molecule has 0 aliphatic carbocycles. The van der Waals surface area contributed by atoms with Crippen molar-refractivity contribution in [2.75, 3.05) is 13.2 Å². The molecule has 6 nitrogen and oxygen atoms in total. The summed E-state index contributed by atoms with van der Waals surface area (Å²) in [5.41, 5.74) is 0. The van der Waals surface area contributed by atoms with Crippen molar-refractivity contribution in [3.05, 3.63) is 12.2 Å². The molecule has 0 saturated heterocycles. The molecule has 2 unspecified atom stereocenters. The topological polar surface area (TPSA) is 95.9 Å². The fourth-order valence-corrected chi connectivity index (χ4v) is 11.4. The Labute approximate surface area is 482 Å². The van der Waals surface area contributed by atoms with E-state index in [9.17, 15) is 19.8 Å². The van der Waals surface area contributed by atoms with E-state index in [0.29, 0.717) is 25.9 Å². The Kier molecular flexibility index (Phi) is 65.9. The van der Waals surface area contributed by atoms with Gasteiger partial charge in [0, 0.05) is 12.8 Å². The lowest BCUT2D eigenvalue weighted by atomic mass is 10.0. The van der Waals surface area contributed by atoms with Crippen molar-refractivity contribution in [1.82, 2.24) is 5.32 Å². The molecule has 0 aliphatic heterocycles. The van der Waals surface area contributed by atoms with Crippen LogP contribution < -0.4 is 5.32 Å². The molecule has 0 spiro atoms. The van der Waals surface area contributed by atoms with Crippen molar-refractivity contribution in [3.8, 4) is 0 Å². The average Bonchev–Trinajstić information content (AvgIpc) is 3.43. The standard InChI is InChI=1S/C71H139NO5/c1-3-5-7-9-11-13-15-17-19-32-35-39-43-47-51-55-59-63-69(74)68(67-73)72-70(75)64-60-56-52-48-44-40-36-33-30-28-26-24-22-21-23-25-27-29-31-34-38-42-46-50-54-58-62-66-77-71(76)65-61-57-53-49-45-41-37-20-18-16-14-12-10-8-6-4-2/h21-22,68-69,73-74H,3-20,23-67H2,1-2H3,(H,72,75)/b22-21-. The molecule has 0 aromatic carbocycles. The van der Waals surface area contributed by atoms with Gasteiger partial charge in [-0.3, -0.25) is 9.59 Å². The lowest BCUT2D eigenvalue weighted by Gasteiger charge is -2.22. The first-order valence-corrected chi connectivity index (χ1v) is 35.4. The quantitative estimate of drug-likeness (QED) is 0.0320. The molecule has 0 fully saturated rings. The molecule has 0 saturated carbocycles. The molecule has 0 heterocycles. The van der Waals surface area contributed by atoms with Crippen LogP contribution in [0.4, 0.5) is 0 Å². The van der Waals surface area contributed by atoms with E-state index in [1.54, 1.807) is 0 Å². The van der Waals surface area contributed by atoms with E-state index >= 15 is 0 Å². The van der Waals surface area contributed by atoms with Crippen LogP contribution in [0.15, 0.2) is 12.2 Å². The van der Waals surface area contributed by atoms with Gasteiger partial charge >= 0.3 is 5.97 Å². The number of ether oxygens (including phenoxy) is 1. The third-order valence-electron chi connectivity index (χ3n) is 16.8. The Bertz CT molecular complexity index is 1160. The number of hydrogen-bond donors (Lipinski definition) is 3. The molecule has 6 heteroatoms. The first-order chi connectivity index (χ1) is 38.0. The van der Waals surface area contributed by atoms with Gasteiger partial charge in [-0.2, -0.15) is 0 Å². The van der Waals surface area contributed by atoms with E-state index in [4.69, 9.17) is 4.74 Å². The predicted octanol–water partition coefficient (Wildman–Crippen LogP) is 22.8. The smallest absolute Gasteiger partial charge is 0.305 e. The van der Waals surface area contributed by atoms with Gasteiger partial charge in [0.2, 0.25) is 5.91 Å². The molecule has 0 rings (SSSR count). The van der Waals surface area contributed by atoms with Crippen LogP contribution in [0.2, 0.25) is 0 Å². The van der Waals surface area contributed by atoms with Crippen LogP contribution in [-0.2, 0) is 14.3 Å². The van der Waals surface area contributed by atoms with E-state index in [1.807, 2.05) is 0 Å². The molecule has 1 amide bonds. The maximum atomic E-state index is 12.5. The zero-order valence-electron chi connectivity index (χ0n) is 52.5. The minimum atomic E-state index is -0.664. The Morgan fingerprint density at radius 3 is 0.922 bits per heavy atom. The third-order valence-corrected chi connectivity index (χ3v) is 16.8. The zero-order chi connectivity index (χ0) is 55.7. The van der Waals surface area contributed by atoms with E-state index in [1.165, 1.54) is 334 Å². The van der Waals surface area contributed by atoms with Crippen molar-refractivity contribution >= 4 is 11.9 Å². The number of nitrogens with one attached hydrogen (secondary N) is 1. The lowest BCUT2D eigenvalue weighted by Crippen LogP contribution is -2.45. The molecule has 0 bridgehead atoms. The number of carbonyl (C=O) groups is 2. The predicted molar refractivity (Wildman–Crippen MR) is 338 cm³/mol. The molecule has 0 aromatic rings. The number of aliphatic hydroxyl groups is 2. The number of allylic oxidation sites excluding steroid dienone is 2. The number of carbonyl (C=O) groups excluding carboxylic acids is 2. The summed E-state index contributed by atoms with van der Waals surface area (Å²) in [6.07, 6.45) is 82.6. The van der Waals surface area contributed by atoms with Gasteiger partial charge in [-0.25, -0.2) is 0 Å². The summed E-state index contributed by atoms with van der Waals surface area (Å²) in [7, 11) is 0. The van der Waals surface area contributed by atoms with Crippen LogP contribution in [0.5, 0.6) is 0 Å². The largest absolute Gasteiger partial charge is 0.466 e. The van der Waals surface area contributed by atoms with Crippen molar-refractivity contribution < 1.29 is 24.5 Å². The van der Waals surface area contributed by atoms with Crippen molar-refractivity contribution in [2.45, 2.75) is 418 Å². The average molecular weight is 1090 g/mol. The van der Waals surface area contributed by atoms with Gasteiger partial charge in [0.25, 0.3) is 0 Å². The summed E-state index contributed by atoms with van der Waals surface area (Å²) in [6.45, 7) is 5.00. The second kappa shape index (κ2) is 67.1. The zero-order valence-corrected chi connectivity index (χ0v) is 52.5. The highest BCUT2D eigenvalue weighted by atomic mass is 16.5.